The molecular formula is C16H29N3O. The van der Waals surface area contributed by atoms with E-state index in [0.29, 0.717) is 12.5 Å². The van der Waals surface area contributed by atoms with Gasteiger partial charge >= 0.3 is 0 Å². The summed E-state index contributed by atoms with van der Waals surface area (Å²) in [4.78, 5) is 9.38. The van der Waals surface area contributed by atoms with Crippen LogP contribution in [0.15, 0.2) is 0 Å². The molecule has 0 fully saturated rings. The van der Waals surface area contributed by atoms with E-state index in [1.165, 1.54) is 5.56 Å². The van der Waals surface area contributed by atoms with Crippen LogP contribution in [0.25, 0.3) is 0 Å². The lowest BCUT2D eigenvalue weighted by atomic mass is 9.97. The first kappa shape index (κ1) is 17.1. The number of nitrogens with one attached hydrogen (secondary N) is 1. The first-order valence-corrected chi connectivity index (χ1v) is 7.72. The summed E-state index contributed by atoms with van der Waals surface area (Å²) in [5.74, 6) is 1.25. The highest BCUT2D eigenvalue weighted by atomic mass is 16.5. The minimum atomic E-state index is 0.00974. The van der Waals surface area contributed by atoms with E-state index in [-0.39, 0.29) is 6.10 Å². The summed E-state index contributed by atoms with van der Waals surface area (Å²) in [6, 6.07) is 0. The molecular weight excluding hydrogens is 250 g/mol. The molecule has 20 heavy (non-hydrogen) atoms. The maximum absolute atomic E-state index is 5.72. The average Bonchev–Trinajstić information content (AvgIpc) is 2.41. The Morgan fingerprint density at radius 1 is 1.10 bits per heavy atom. The molecule has 1 aromatic rings. The third-order valence-electron chi connectivity index (χ3n) is 3.56. The lowest BCUT2D eigenvalue weighted by molar-refractivity contribution is 0.0532. The molecule has 0 aromatic carbocycles. The second-order valence-electron chi connectivity index (χ2n) is 5.23. The second kappa shape index (κ2) is 8.32. The van der Waals surface area contributed by atoms with Crippen molar-refractivity contribution in [1.29, 1.82) is 0 Å². The molecule has 114 valence electrons. The number of hydrogen-bond acceptors (Lipinski definition) is 4. The smallest absolute Gasteiger partial charge is 0.157 e. The van der Waals surface area contributed by atoms with Crippen molar-refractivity contribution in [2.24, 2.45) is 0 Å². The number of rotatable bonds is 8. The molecule has 0 amide bonds. The van der Waals surface area contributed by atoms with Gasteiger partial charge in [0, 0.05) is 24.5 Å². The second-order valence-corrected chi connectivity index (χ2v) is 5.23. The van der Waals surface area contributed by atoms with Gasteiger partial charge in [0.2, 0.25) is 0 Å². The van der Waals surface area contributed by atoms with Gasteiger partial charge in [0.05, 0.1) is 0 Å². The summed E-state index contributed by atoms with van der Waals surface area (Å²) in [6.45, 7) is 15.3. The molecule has 1 heterocycles. The zero-order chi connectivity index (χ0) is 15.1. The Morgan fingerprint density at radius 3 is 2.15 bits per heavy atom. The molecule has 4 heteroatoms. The lowest BCUT2D eigenvalue weighted by Crippen LogP contribution is -2.22. The summed E-state index contributed by atoms with van der Waals surface area (Å²) >= 11 is 0. The van der Waals surface area contributed by atoms with Crippen LogP contribution in [-0.4, -0.2) is 29.7 Å². The third-order valence-corrected chi connectivity index (χ3v) is 3.56. The minimum absolute atomic E-state index is 0.00974. The first-order chi connectivity index (χ1) is 9.54. The fourth-order valence-corrected chi connectivity index (χ4v) is 2.65. The maximum atomic E-state index is 5.72. The van der Waals surface area contributed by atoms with Crippen LogP contribution in [0.3, 0.4) is 0 Å². The van der Waals surface area contributed by atoms with Crippen molar-refractivity contribution in [1.82, 2.24) is 15.3 Å². The van der Waals surface area contributed by atoms with Crippen molar-refractivity contribution in [3.8, 4) is 0 Å². The zero-order valence-electron chi connectivity index (χ0n) is 13.8. The van der Waals surface area contributed by atoms with Gasteiger partial charge in [-0.25, -0.2) is 9.97 Å². The SMILES string of the molecule is CCNCC(C)c1c(C)nc(C(CC)OCC)nc1C. The molecule has 2 atom stereocenters. The number of aryl methyl sites for hydroxylation is 2. The van der Waals surface area contributed by atoms with Gasteiger partial charge in [0.15, 0.2) is 5.82 Å². The van der Waals surface area contributed by atoms with Gasteiger partial charge in [-0.15, -0.1) is 0 Å². The van der Waals surface area contributed by atoms with Crippen LogP contribution in [0.1, 0.15) is 68.9 Å². The van der Waals surface area contributed by atoms with Crippen LogP contribution >= 0.6 is 0 Å². The molecule has 0 bridgehead atoms. The zero-order valence-corrected chi connectivity index (χ0v) is 13.8. The van der Waals surface area contributed by atoms with Gasteiger partial charge < -0.3 is 10.1 Å². The van der Waals surface area contributed by atoms with Crippen LogP contribution in [0.5, 0.6) is 0 Å². The van der Waals surface area contributed by atoms with E-state index in [1.807, 2.05) is 6.92 Å². The molecule has 0 aliphatic heterocycles. The van der Waals surface area contributed by atoms with Crippen LogP contribution in [0, 0.1) is 13.8 Å². The van der Waals surface area contributed by atoms with Crippen molar-refractivity contribution in [3.63, 3.8) is 0 Å². The normalized spacial score (nSPS) is 14.3. The fraction of sp³-hybridized carbons (Fsp3) is 0.750. The monoisotopic (exact) mass is 279 g/mol. The number of nitrogens with zero attached hydrogens (tertiary/aromatic N) is 2. The Labute approximate surface area is 123 Å². The summed E-state index contributed by atoms with van der Waals surface area (Å²) in [6.07, 6.45) is 0.912. The van der Waals surface area contributed by atoms with E-state index in [0.717, 1.165) is 36.7 Å². The minimum Gasteiger partial charge on any atom is -0.371 e. The van der Waals surface area contributed by atoms with Gasteiger partial charge in [-0.1, -0.05) is 20.8 Å². The predicted molar refractivity (Wildman–Crippen MR) is 83.1 cm³/mol. The van der Waals surface area contributed by atoms with Gasteiger partial charge in [0.25, 0.3) is 0 Å². The molecule has 0 radical (unpaired) electrons. The van der Waals surface area contributed by atoms with E-state index in [1.54, 1.807) is 0 Å². The number of hydrogen-bond donors (Lipinski definition) is 1. The van der Waals surface area contributed by atoms with Crippen molar-refractivity contribution in [3.05, 3.63) is 22.8 Å². The Bertz CT molecular complexity index is 397. The van der Waals surface area contributed by atoms with Crippen molar-refractivity contribution >= 4 is 0 Å². The Hall–Kier alpha value is -1.00. The molecule has 0 spiro atoms. The number of aromatic nitrogens is 2. The molecule has 0 saturated heterocycles. The quantitative estimate of drug-likeness (QED) is 0.793. The molecule has 1 aromatic heterocycles. The predicted octanol–water partition coefficient (Wildman–Crippen LogP) is 3.29. The molecule has 0 aliphatic rings. The fourth-order valence-electron chi connectivity index (χ4n) is 2.65. The summed E-state index contributed by atoms with van der Waals surface area (Å²) in [7, 11) is 0. The van der Waals surface area contributed by atoms with Crippen LogP contribution < -0.4 is 5.32 Å². The summed E-state index contributed by atoms with van der Waals surface area (Å²) in [5.41, 5.74) is 3.42. The molecule has 0 saturated carbocycles. The molecule has 1 N–H and O–H groups in total. The van der Waals surface area contributed by atoms with Crippen LogP contribution in [0.2, 0.25) is 0 Å². The van der Waals surface area contributed by atoms with E-state index < -0.39 is 0 Å². The Morgan fingerprint density at radius 2 is 1.70 bits per heavy atom. The average molecular weight is 279 g/mol. The summed E-state index contributed by atoms with van der Waals surface area (Å²) in [5, 5.41) is 3.39. The van der Waals surface area contributed by atoms with Crippen molar-refractivity contribution in [2.45, 2.75) is 60.0 Å². The summed E-state index contributed by atoms with van der Waals surface area (Å²) < 4.78 is 5.72. The van der Waals surface area contributed by atoms with Crippen LogP contribution in [-0.2, 0) is 4.74 Å². The van der Waals surface area contributed by atoms with E-state index >= 15 is 0 Å². The molecule has 2 unspecified atom stereocenters. The van der Waals surface area contributed by atoms with Crippen molar-refractivity contribution in [2.75, 3.05) is 19.7 Å². The maximum Gasteiger partial charge on any atom is 0.157 e. The van der Waals surface area contributed by atoms with Gasteiger partial charge in [0.1, 0.15) is 6.10 Å². The van der Waals surface area contributed by atoms with E-state index in [4.69, 9.17) is 4.74 Å². The van der Waals surface area contributed by atoms with Crippen LogP contribution in [0.4, 0.5) is 0 Å². The number of likely N-dealkylation sites (N-methyl/N-ethyl adjacent to an activating group) is 1. The topological polar surface area (TPSA) is 47.0 Å². The van der Waals surface area contributed by atoms with E-state index in [2.05, 4.69) is 49.9 Å². The van der Waals surface area contributed by atoms with E-state index in [9.17, 15) is 0 Å². The third kappa shape index (κ3) is 4.25. The highest BCUT2D eigenvalue weighted by Crippen LogP contribution is 2.24. The standard InChI is InChI=1S/C16H29N3O/c1-7-14(20-9-3)16-18-12(5)15(13(6)19-16)11(4)10-17-8-2/h11,14,17H,7-10H2,1-6H3. The Kier molecular flexibility index (Phi) is 7.10. The number of ether oxygens (including phenoxy) is 1. The molecule has 1 rings (SSSR count). The lowest BCUT2D eigenvalue weighted by Gasteiger charge is -2.20. The molecule has 4 nitrogen and oxygen atoms in total. The Balaban J connectivity index is 3.01. The van der Waals surface area contributed by atoms with Gasteiger partial charge in [-0.05, 0) is 45.2 Å². The largest absolute Gasteiger partial charge is 0.371 e. The first-order valence-electron chi connectivity index (χ1n) is 7.72. The van der Waals surface area contributed by atoms with Gasteiger partial charge in [-0.2, -0.15) is 0 Å². The highest BCUT2D eigenvalue weighted by molar-refractivity contribution is 5.28. The van der Waals surface area contributed by atoms with Crippen molar-refractivity contribution < 1.29 is 4.74 Å². The van der Waals surface area contributed by atoms with Gasteiger partial charge in [-0.3, -0.25) is 0 Å². The highest BCUT2D eigenvalue weighted by Gasteiger charge is 2.18. The molecule has 0 aliphatic carbocycles.